The van der Waals surface area contributed by atoms with Crippen LogP contribution in [0.3, 0.4) is 0 Å². The fourth-order valence-corrected chi connectivity index (χ4v) is 4.70. The molecule has 0 spiro atoms. The molecule has 128 valence electrons. The number of piperazine rings is 1. The van der Waals surface area contributed by atoms with Crippen molar-refractivity contribution in [2.45, 2.75) is 52.0 Å². The molecule has 1 saturated carbocycles. The Hall–Kier alpha value is -0.660. The van der Waals surface area contributed by atoms with Gasteiger partial charge in [0.1, 0.15) is 0 Å². The van der Waals surface area contributed by atoms with E-state index in [1.54, 1.807) is 11.4 Å². The fraction of sp³-hybridized carbons (Fsp3) is 0.933. The van der Waals surface area contributed by atoms with Crippen LogP contribution in [0.4, 0.5) is 0 Å². The van der Waals surface area contributed by atoms with Crippen LogP contribution in [0.2, 0.25) is 0 Å². The van der Waals surface area contributed by atoms with E-state index in [1.807, 2.05) is 25.7 Å². The Bertz CT molecular complexity index is 514. The van der Waals surface area contributed by atoms with Crippen LogP contribution in [0.1, 0.15) is 46.5 Å². The van der Waals surface area contributed by atoms with Gasteiger partial charge in [-0.1, -0.05) is 13.3 Å². The molecule has 0 bridgehead atoms. The van der Waals surface area contributed by atoms with Gasteiger partial charge in [0.2, 0.25) is 5.91 Å². The van der Waals surface area contributed by atoms with E-state index in [2.05, 4.69) is 0 Å². The van der Waals surface area contributed by atoms with Crippen molar-refractivity contribution >= 4 is 16.1 Å². The van der Waals surface area contributed by atoms with Gasteiger partial charge in [-0.15, -0.1) is 0 Å². The van der Waals surface area contributed by atoms with Gasteiger partial charge in [-0.3, -0.25) is 4.79 Å². The minimum Gasteiger partial charge on any atom is -0.339 e. The average Bonchev–Trinajstić information content (AvgIpc) is 3.26. The molecule has 0 aromatic heterocycles. The topological polar surface area (TPSA) is 60.9 Å². The number of rotatable bonds is 6. The molecule has 7 heteroatoms. The number of carbonyl (C=O) groups excluding carboxylic acids is 1. The summed E-state index contributed by atoms with van der Waals surface area (Å²) >= 11 is 0. The highest BCUT2D eigenvalue weighted by Gasteiger charge is 2.45. The van der Waals surface area contributed by atoms with Gasteiger partial charge in [0.05, 0.1) is 0 Å². The Labute approximate surface area is 134 Å². The third-order valence-electron chi connectivity index (χ3n) is 4.56. The van der Waals surface area contributed by atoms with Crippen LogP contribution in [0.25, 0.3) is 0 Å². The molecule has 1 amide bonds. The molecule has 1 aliphatic heterocycles. The third kappa shape index (κ3) is 3.63. The highest BCUT2D eigenvalue weighted by atomic mass is 32.2. The summed E-state index contributed by atoms with van der Waals surface area (Å²) in [7, 11) is -1.83. The zero-order valence-electron chi connectivity index (χ0n) is 14.2. The van der Waals surface area contributed by atoms with Crippen molar-refractivity contribution in [3.05, 3.63) is 0 Å². The summed E-state index contributed by atoms with van der Waals surface area (Å²) in [6.45, 7) is 7.75. The second kappa shape index (κ2) is 6.45. The summed E-state index contributed by atoms with van der Waals surface area (Å²) < 4.78 is 28.6. The van der Waals surface area contributed by atoms with Crippen molar-refractivity contribution in [3.8, 4) is 0 Å². The molecule has 2 aliphatic rings. The average molecular weight is 331 g/mol. The number of carbonyl (C=O) groups is 1. The summed E-state index contributed by atoms with van der Waals surface area (Å²) in [5.41, 5.74) is -0.567. The zero-order valence-corrected chi connectivity index (χ0v) is 15.0. The first kappa shape index (κ1) is 17.7. The van der Waals surface area contributed by atoms with Crippen molar-refractivity contribution in [2.24, 2.45) is 5.92 Å². The molecule has 1 aliphatic carbocycles. The first-order chi connectivity index (χ1) is 10.2. The van der Waals surface area contributed by atoms with Gasteiger partial charge in [0, 0.05) is 44.7 Å². The van der Waals surface area contributed by atoms with Crippen molar-refractivity contribution in [1.29, 1.82) is 0 Å². The maximum Gasteiger partial charge on any atom is 0.282 e. The van der Waals surface area contributed by atoms with E-state index in [1.165, 1.54) is 4.31 Å². The van der Waals surface area contributed by atoms with E-state index in [4.69, 9.17) is 0 Å². The number of amides is 1. The largest absolute Gasteiger partial charge is 0.339 e. The van der Waals surface area contributed by atoms with Crippen LogP contribution < -0.4 is 0 Å². The van der Waals surface area contributed by atoms with E-state index in [0.717, 1.165) is 25.7 Å². The second-order valence-corrected chi connectivity index (χ2v) is 9.06. The molecule has 6 nitrogen and oxygen atoms in total. The second-order valence-electron chi connectivity index (χ2n) is 7.10. The van der Waals surface area contributed by atoms with Crippen molar-refractivity contribution in [1.82, 2.24) is 13.5 Å². The molecule has 2 fully saturated rings. The summed E-state index contributed by atoms with van der Waals surface area (Å²) in [6, 6.07) is 0. The van der Waals surface area contributed by atoms with E-state index in [0.29, 0.717) is 26.2 Å². The molecule has 0 unspecified atom stereocenters. The van der Waals surface area contributed by atoms with Crippen LogP contribution in [-0.2, 0) is 15.0 Å². The maximum atomic E-state index is 12.8. The van der Waals surface area contributed by atoms with Crippen LogP contribution in [-0.4, -0.2) is 66.6 Å². The van der Waals surface area contributed by atoms with Crippen LogP contribution in [0, 0.1) is 5.92 Å². The molecule has 0 aromatic rings. The van der Waals surface area contributed by atoms with Gasteiger partial charge in [0.15, 0.2) is 0 Å². The Morgan fingerprint density at radius 1 is 1.27 bits per heavy atom. The Kier molecular flexibility index (Phi) is 5.19. The Morgan fingerprint density at radius 3 is 2.41 bits per heavy atom. The predicted molar refractivity (Wildman–Crippen MR) is 86.5 cm³/mol. The van der Waals surface area contributed by atoms with E-state index in [9.17, 15) is 13.2 Å². The first-order valence-corrected chi connectivity index (χ1v) is 9.62. The lowest BCUT2D eigenvalue weighted by molar-refractivity contribution is -0.136. The fourth-order valence-electron chi connectivity index (χ4n) is 3.01. The molecular formula is C15H29N3O3S. The van der Waals surface area contributed by atoms with Gasteiger partial charge in [-0.2, -0.15) is 17.0 Å². The molecule has 2 rings (SSSR count). The van der Waals surface area contributed by atoms with Gasteiger partial charge >= 0.3 is 0 Å². The van der Waals surface area contributed by atoms with Crippen molar-refractivity contribution in [3.63, 3.8) is 0 Å². The molecule has 0 atom stereocenters. The summed E-state index contributed by atoms with van der Waals surface area (Å²) in [6.07, 6.45) is 3.79. The zero-order chi connectivity index (χ0) is 16.5. The van der Waals surface area contributed by atoms with Crippen LogP contribution in [0.5, 0.6) is 0 Å². The molecule has 0 N–H and O–H groups in total. The number of hydrogen-bond acceptors (Lipinski definition) is 3. The van der Waals surface area contributed by atoms with Crippen LogP contribution >= 0.6 is 0 Å². The van der Waals surface area contributed by atoms with Gasteiger partial charge in [-0.05, 0) is 33.1 Å². The standard InChI is InChI=1S/C15H29N3O3S/c1-5-6-9-16(4)22(20,21)18-11-10-17(12-15(18,2)3)14(19)13-7-8-13/h13H,5-12H2,1-4H3. The Morgan fingerprint density at radius 2 is 1.91 bits per heavy atom. The Balaban J connectivity index is 2.07. The maximum absolute atomic E-state index is 12.8. The third-order valence-corrected chi connectivity index (χ3v) is 6.77. The normalized spacial score (nSPS) is 23.0. The lowest BCUT2D eigenvalue weighted by Crippen LogP contribution is -2.64. The van der Waals surface area contributed by atoms with E-state index >= 15 is 0 Å². The minimum atomic E-state index is -3.47. The van der Waals surface area contributed by atoms with Gasteiger partial charge in [-0.25, -0.2) is 0 Å². The molecule has 0 radical (unpaired) electrons. The lowest BCUT2D eigenvalue weighted by atomic mass is 10.0. The highest BCUT2D eigenvalue weighted by molar-refractivity contribution is 7.86. The SMILES string of the molecule is CCCCN(C)S(=O)(=O)N1CCN(C(=O)C2CC2)CC1(C)C. The highest BCUT2D eigenvalue weighted by Crippen LogP contribution is 2.33. The molecule has 1 saturated heterocycles. The number of hydrogen-bond donors (Lipinski definition) is 0. The monoisotopic (exact) mass is 331 g/mol. The molecular weight excluding hydrogens is 302 g/mol. The minimum absolute atomic E-state index is 0.186. The summed E-state index contributed by atoms with van der Waals surface area (Å²) in [5, 5.41) is 0. The van der Waals surface area contributed by atoms with Gasteiger partial charge < -0.3 is 4.90 Å². The molecule has 0 aromatic carbocycles. The predicted octanol–water partition coefficient (Wildman–Crippen LogP) is 1.30. The lowest BCUT2D eigenvalue weighted by Gasteiger charge is -2.47. The van der Waals surface area contributed by atoms with Crippen molar-refractivity contribution in [2.75, 3.05) is 33.2 Å². The quantitative estimate of drug-likeness (QED) is 0.737. The smallest absolute Gasteiger partial charge is 0.282 e. The summed E-state index contributed by atoms with van der Waals surface area (Å²) in [4.78, 5) is 14.1. The van der Waals surface area contributed by atoms with E-state index < -0.39 is 15.7 Å². The van der Waals surface area contributed by atoms with Crippen molar-refractivity contribution < 1.29 is 13.2 Å². The molecule has 22 heavy (non-hydrogen) atoms. The number of unbranched alkanes of at least 4 members (excludes halogenated alkanes) is 1. The first-order valence-electron chi connectivity index (χ1n) is 8.23. The van der Waals surface area contributed by atoms with Gasteiger partial charge in [0.25, 0.3) is 10.2 Å². The van der Waals surface area contributed by atoms with Crippen LogP contribution in [0.15, 0.2) is 0 Å². The number of nitrogens with zero attached hydrogens (tertiary/aromatic N) is 3. The van der Waals surface area contributed by atoms with E-state index in [-0.39, 0.29) is 11.8 Å². The molecule has 1 heterocycles. The summed E-state index contributed by atoms with van der Waals surface area (Å²) in [5.74, 6) is 0.385.